The molecule has 0 saturated heterocycles. The van der Waals surface area contributed by atoms with Crippen LogP contribution in [-0.2, 0) is 4.74 Å². The van der Waals surface area contributed by atoms with Gasteiger partial charge in [-0.2, -0.15) is 13.2 Å². The van der Waals surface area contributed by atoms with Gasteiger partial charge in [0, 0.05) is 6.04 Å². The molecule has 0 bridgehead atoms. The molecule has 0 rings (SSSR count). The van der Waals surface area contributed by atoms with Crippen LogP contribution in [0.2, 0.25) is 0 Å². The first kappa shape index (κ1) is 13.7. The highest BCUT2D eigenvalue weighted by Gasteiger charge is 2.34. The van der Waals surface area contributed by atoms with E-state index in [2.05, 4.69) is 0 Å². The van der Waals surface area contributed by atoms with Crippen LogP contribution >= 0.6 is 0 Å². The maximum Gasteiger partial charge on any atom is 0.411 e. The molecular weight excluding hydrogens is 195 g/mol. The molecule has 0 heterocycles. The van der Waals surface area contributed by atoms with Gasteiger partial charge in [-0.3, -0.25) is 0 Å². The highest BCUT2D eigenvalue weighted by Crippen LogP contribution is 2.26. The first-order valence-electron chi connectivity index (χ1n) is 4.48. The largest absolute Gasteiger partial charge is 0.411 e. The lowest BCUT2D eigenvalue weighted by molar-refractivity contribution is -0.197. The molecule has 14 heavy (non-hydrogen) atoms. The van der Waals surface area contributed by atoms with Gasteiger partial charge in [0.25, 0.3) is 0 Å². The van der Waals surface area contributed by atoms with Crippen LogP contribution in [-0.4, -0.2) is 24.9 Å². The van der Waals surface area contributed by atoms with Crippen molar-refractivity contribution in [3.8, 4) is 0 Å². The van der Waals surface area contributed by atoms with E-state index in [0.717, 1.165) is 0 Å². The van der Waals surface area contributed by atoms with Gasteiger partial charge in [-0.25, -0.2) is 0 Å². The third-order valence-corrected chi connectivity index (χ3v) is 1.76. The molecule has 2 atom stereocenters. The molecule has 0 aliphatic rings. The number of hydrogen-bond donors (Lipinski definition) is 1. The first-order valence-corrected chi connectivity index (χ1v) is 4.48. The van der Waals surface area contributed by atoms with E-state index in [1.54, 1.807) is 27.7 Å². The van der Waals surface area contributed by atoms with E-state index in [0.29, 0.717) is 0 Å². The van der Waals surface area contributed by atoms with E-state index in [1.807, 2.05) is 0 Å². The third kappa shape index (κ3) is 5.44. The summed E-state index contributed by atoms with van der Waals surface area (Å²) in [4.78, 5) is 0. The minimum Gasteiger partial charge on any atom is -0.367 e. The quantitative estimate of drug-likeness (QED) is 0.780. The number of rotatable bonds is 3. The highest BCUT2D eigenvalue weighted by atomic mass is 19.4. The number of halogens is 3. The van der Waals surface area contributed by atoms with Gasteiger partial charge in [-0.1, -0.05) is 20.8 Å². The van der Waals surface area contributed by atoms with Crippen molar-refractivity contribution in [3.05, 3.63) is 0 Å². The van der Waals surface area contributed by atoms with Crippen molar-refractivity contribution in [2.75, 3.05) is 6.61 Å². The van der Waals surface area contributed by atoms with Crippen LogP contribution in [0.5, 0.6) is 0 Å². The standard InChI is InChI=1S/C9H18F3NO/c1-6(13)7(8(2,3)4)14-5-9(10,11)12/h6-7H,5,13H2,1-4H3. The third-order valence-electron chi connectivity index (χ3n) is 1.76. The van der Waals surface area contributed by atoms with Gasteiger partial charge in [-0.15, -0.1) is 0 Å². The Bertz CT molecular complexity index is 172. The Morgan fingerprint density at radius 2 is 1.64 bits per heavy atom. The van der Waals surface area contributed by atoms with Crippen molar-refractivity contribution in [1.82, 2.24) is 0 Å². The lowest BCUT2D eigenvalue weighted by Crippen LogP contribution is -2.45. The zero-order valence-electron chi connectivity index (χ0n) is 8.98. The second-order valence-corrected chi connectivity index (χ2v) is 4.57. The molecule has 0 aromatic heterocycles. The summed E-state index contributed by atoms with van der Waals surface area (Å²) in [7, 11) is 0. The van der Waals surface area contributed by atoms with E-state index in [9.17, 15) is 13.2 Å². The summed E-state index contributed by atoms with van der Waals surface area (Å²) in [5, 5.41) is 0. The Morgan fingerprint density at radius 1 is 1.21 bits per heavy atom. The lowest BCUT2D eigenvalue weighted by Gasteiger charge is -2.33. The molecule has 0 aliphatic heterocycles. The Kier molecular flexibility index (Phi) is 4.39. The Balaban J connectivity index is 4.27. The number of alkyl halides is 3. The average molecular weight is 213 g/mol. The zero-order chi connectivity index (χ0) is 11.6. The maximum absolute atomic E-state index is 11.9. The van der Waals surface area contributed by atoms with Crippen molar-refractivity contribution in [1.29, 1.82) is 0 Å². The number of nitrogens with two attached hydrogens (primary N) is 1. The molecule has 0 aromatic carbocycles. The van der Waals surface area contributed by atoms with Gasteiger partial charge in [-0.05, 0) is 12.3 Å². The van der Waals surface area contributed by atoms with Gasteiger partial charge in [0.2, 0.25) is 0 Å². The minimum absolute atomic E-state index is 0.389. The van der Waals surface area contributed by atoms with Gasteiger partial charge in [0.05, 0.1) is 6.10 Å². The molecule has 86 valence electrons. The molecule has 0 fully saturated rings. The normalized spacial score (nSPS) is 18.0. The average Bonchev–Trinajstić information content (AvgIpc) is 1.79. The van der Waals surface area contributed by atoms with Gasteiger partial charge in [0.15, 0.2) is 0 Å². The molecule has 2 unspecified atom stereocenters. The molecule has 0 radical (unpaired) electrons. The van der Waals surface area contributed by atoms with Gasteiger partial charge in [0.1, 0.15) is 6.61 Å². The molecule has 5 heteroatoms. The smallest absolute Gasteiger partial charge is 0.367 e. The Morgan fingerprint density at radius 3 is 1.86 bits per heavy atom. The monoisotopic (exact) mass is 213 g/mol. The Labute approximate surface area is 82.6 Å². The van der Waals surface area contributed by atoms with Crippen molar-refractivity contribution < 1.29 is 17.9 Å². The zero-order valence-corrected chi connectivity index (χ0v) is 8.98. The molecule has 0 aliphatic carbocycles. The molecule has 0 amide bonds. The SMILES string of the molecule is CC(N)C(OCC(F)(F)F)C(C)(C)C. The summed E-state index contributed by atoms with van der Waals surface area (Å²) in [6.45, 7) is 5.81. The van der Waals surface area contributed by atoms with E-state index >= 15 is 0 Å². The first-order chi connectivity index (χ1) is 6.04. The van der Waals surface area contributed by atoms with Crippen molar-refractivity contribution in [3.63, 3.8) is 0 Å². The van der Waals surface area contributed by atoms with Crippen LogP contribution in [0.15, 0.2) is 0 Å². The fraction of sp³-hybridized carbons (Fsp3) is 1.00. The molecule has 2 nitrogen and oxygen atoms in total. The molecular formula is C9H18F3NO. The van der Waals surface area contributed by atoms with E-state index in [-0.39, 0.29) is 5.41 Å². The molecule has 0 saturated carbocycles. The van der Waals surface area contributed by atoms with Crippen LogP contribution in [0.25, 0.3) is 0 Å². The Hall–Kier alpha value is -0.290. The second kappa shape index (κ2) is 4.49. The van der Waals surface area contributed by atoms with Crippen molar-refractivity contribution >= 4 is 0 Å². The number of ether oxygens (including phenoxy) is 1. The van der Waals surface area contributed by atoms with Crippen LogP contribution in [0, 0.1) is 5.41 Å². The number of hydrogen-bond acceptors (Lipinski definition) is 2. The predicted molar refractivity (Wildman–Crippen MR) is 48.9 cm³/mol. The summed E-state index contributed by atoms with van der Waals surface area (Å²) in [5.74, 6) is 0. The fourth-order valence-electron chi connectivity index (χ4n) is 1.37. The minimum atomic E-state index is -4.29. The molecule has 2 N–H and O–H groups in total. The van der Waals surface area contributed by atoms with Crippen molar-refractivity contribution in [2.24, 2.45) is 11.1 Å². The van der Waals surface area contributed by atoms with Crippen LogP contribution in [0.3, 0.4) is 0 Å². The van der Waals surface area contributed by atoms with Crippen LogP contribution in [0.4, 0.5) is 13.2 Å². The fourth-order valence-corrected chi connectivity index (χ4v) is 1.37. The van der Waals surface area contributed by atoms with E-state index in [1.165, 1.54) is 0 Å². The van der Waals surface area contributed by atoms with Crippen molar-refractivity contribution in [2.45, 2.75) is 46.0 Å². The lowest BCUT2D eigenvalue weighted by atomic mass is 9.85. The van der Waals surface area contributed by atoms with E-state index < -0.39 is 24.9 Å². The highest BCUT2D eigenvalue weighted by molar-refractivity contribution is 4.81. The van der Waals surface area contributed by atoms with Gasteiger partial charge < -0.3 is 10.5 Å². The molecule has 0 spiro atoms. The van der Waals surface area contributed by atoms with Crippen LogP contribution in [0.1, 0.15) is 27.7 Å². The summed E-state index contributed by atoms with van der Waals surface area (Å²) in [6.07, 6.45) is -4.89. The summed E-state index contributed by atoms with van der Waals surface area (Å²) >= 11 is 0. The van der Waals surface area contributed by atoms with Crippen LogP contribution < -0.4 is 5.73 Å². The predicted octanol–water partition coefficient (Wildman–Crippen LogP) is 2.33. The summed E-state index contributed by atoms with van der Waals surface area (Å²) < 4.78 is 40.5. The van der Waals surface area contributed by atoms with E-state index in [4.69, 9.17) is 10.5 Å². The molecule has 0 aromatic rings. The maximum atomic E-state index is 11.9. The topological polar surface area (TPSA) is 35.2 Å². The second-order valence-electron chi connectivity index (χ2n) is 4.57. The summed E-state index contributed by atoms with van der Waals surface area (Å²) in [6, 6.07) is -0.419. The summed E-state index contributed by atoms with van der Waals surface area (Å²) in [5.41, 5.74) is 5.17. The van der Waals surface area contributed by atoms with Gasteiger partial charge >= 0.3 is 6.18 Å².